The first-order chi connectivity index (χ1) is 15.2. The van der Waals surface area contributed by atoms with Gasteiger partial charge < -0.3 is 4.74 Å². The number of carbonyl (C=O) groups excluding carboxylic acids is 1. The van der Waals surface area contributed by atoms with Gasteiger partial charge in [0.05, 0.1) is 0 Å². The first kappa shape index (κ1) is 24.3. The van der Waals surface area contributed by atoms with E-state index in [0.29, 0.717) is 10.8 Å². The second kappa shape index (κ2) is 9.46. The van der Waals surface area contributed by atoms with E-state index in [4.69, 9.17) is 4.74 Å². The lowest BCUT2D eigenvalue weighted by atomic mass is 9.46. The second-order valence-corrected chi connectivity index (χ2v) is 12.9. The fourth-order valence-corrected chi connectivity index (χ4v) is 9.45. The number of carbonyl (C=O) groups is 1. The van der Waals surface area contributed by atoms with Gasteiger partial charge in [0.1, 0.15) is 6.10 Å². The summed E-state index contributed by atoms with van der Waals surface area (Å²) in [4.78, 5) is 11.6. The van der Waals surface area contributed by atoms with E-state index in [1.807, 2.05) is 0 Å². The van der Waals surface area contributed by atoms with Crippen LogP contribution < -0.4 is 0 Å². The lowest BCUT2D eigenvalue weighted by Crippen LogP contribution is -2.51. The smallest absolute Gasteiger partial charge is 0.302 e. The Kier molecular flexibility index (Phi) is 7.19. The van der Waals surface area contributed by atoms with E-state index in [1.54, 1.807) is 12.5 Å². The van der Waals surface area contributed by atoms with Crippen molar-refractivity contribution in [2.45, 2.75) is 125 Å². The third-order valence-corrected chi connectivity index (χ3v) is 10.9. The van der Waals surface area contributed by atoms with E-state index in [0.717, 1.165) is 48.3 Å². The highest BCUT2D eigenvalue weighted by Crippen LogP contribution is 2.68. The third-order valence-electron chi connectivity index (χ3n) is 10.9. The maximum absolute atomic E-state index is 11.6. The van der Waals surface area contributed by atoms with E-state index in [1.165, 1.54) is 64.2 Å². The summed E-state index contributed by atoms with van der Waals surface area (Å²) in [6.07, 6.45) is 18.6. The average molecular weight is 443 g/mol. The molecule has 8 unspecified atom stereocenters. The molecule has 0 saturated heterocycles. The van der Waals surface area contributed by atoms with Gasteiger partial charge in [-0.3, -0.25) is 4.79 Å². The van der Waals surface area contributed by atoms with Crippen molar-refractivity contribution >= 4 is 5.97 Å². The minimum atomic E-state index is -0.110. The van der Waals surface area contributed by atoms with Gasteiger partial charge in [-0.25, -0.2) is 0 Å². The van der Waals surface area contributed by atoms with Crippen LogP contribution in [0.4, 0.5) is 0 Å². The van der Waals surface area contributed by atoms with Crippen LogP contribution in [0.15, 0.2) is 11.6 Å². The molecular weight excluding hydrogens is 392 g/mol. The minimum Gasteiger partial charge on any atom is -0.462 e. The predicted molar refractivity (Wildman–Crippen MR) is 133 cm³/mol. The molecule has 3 fully saturated rings. The lowest BCUT2D eigenvalue weighted by Gasteiger charge is -2.59. The molecule has 4 aliphatic carbocycles. The van der Waals surface area contributed by atoms with Gasteiger partial charge >= 0.3 is 5.97 Å². The Morgan fingerprint density at radius 3 is 2.56 bits per heavy atom. The van der Waals surface area contributed by atoms with Crippen LogP contribution in [0, 0.1) is 46.3 Å². The molecule has 0 spiro atoms. The van der Waals surface area contributed by atoms with Crippen molar-refractivity contribution in [2.24, 2.45) is 46.3 Å². The summed E-state index contributed by atoms with van der Waals surface area (Å²) in [6.45, 7) is 14.0. The zero-order chi connectivity index (χ0) is 23.1. The Balaban J connectivity index is 1.50. The number of hydrogen-bond acceptors (Lipinski definition) is 2. The molecule has 32 heavy (non-hydrogen) atoms. The Bertz CT molecular complexity index is 708. The summed E-state index contributed by atoms with van der Waals surface area (Å²) >= 11 is 0. The van der Waals surface area contributed by atoms with Gasteiger partial charge in [-0.15, -0.1) is 0 Å². The van der Waals surface area contributed by atoms with Crippen molar-refractivity contribution in [3.63, 3.8) is 0 Å². The normalized spacial score (nSPS) is 42.0. The van der Waals surface area contributed by atoms with Gasteiger partial charge in [0.2, 0.25) is 0 Å². The van der Waals surface area contributed by atoms with E-state index < -0.39 is 0 Å². The van der Waals surface area contributed by atoms with E-state index in [2.05, 4.69) is 40.7 Å². The summed E-state index contributed by atoms with van der Waals surface area (Å²) in [7, 11) is 0. The average Bonchev–Trinajstić information content (AvgIpc) is 3.10. The summed E-state index contributed by atoms with van der Waals surface area (Å²) < 4.78 is 5.66. The van der Waals surface area contributed by atoms with Gasteiger partial charge in [0.25, 0.3) is 0 Å². The Labute approximate surface area is 198 Å². The van der Waals surface area contributed by atoms with Crippen molar-refractivity contribution < 1.29 is 9.53 Å². The van der Waals surface area contributed by atoms with Crippen molar-refractivity contribution in [1.29, 1.82) is 0 Å². The molecule has 0 aromatic carbocycles. The maximum atomic E-state index is 11.6. The molecule has 2 nitrogen and oxygen atoms in total. The van der Waals surface area contributed by atoms with Crippen molar-refractivity contribution in [3.8, 4) is 0 Å². The highest BCUT2D eigenvalue weighted by atomic mass is 16.5. The number of esters is 1. The molecule has 0 aromatic heterocycles. The monoisotopic (exact) mass is 442 g/mol. The zero-order valence-corrected chi connectivity index (χ0v) is 21.9. The highest BCUT2D eigenvalue weighted by Gasteiger charge is 2.59. The molecule has 0 amide bonds. The van der Waals surface area contributed by atoms with Gasteiger partial charge in [-0.2, -0.15) is 0 Å². The van der Waals surface area contributed by atoms with Gasteiger partial charge in [-0.1, -0.05) is 65.5 Å². The van der Waals surface area contributed by atoms with Crippen LogP contribution in [0.2, 0.25) is 0 Å². The van der Waals surface area contributed by atoms with Crippen molar-refractivity contribution in [1.82, 2.24) is 0 Å². The van der Waals surface area contributed by atoms with E-state index in [9.17, 15) is 4.79 Å². The molecular formula is C30H50O2. The standard InChI is InChI=1S/C30H50O2/c1-7-30-18-15-24(32-22(5)31)19-23(30)11-12-25-27-14-13-26(21(4)10-8-9-20(2)3)29(27,6)17-16-28(25)30/h11,20-21,24-28H,7-10,12-19H2,1-6H3. The first-order valence-corrected chi connectivity index (χ1v) is 14.1. The largest absolute Gasteiger partial charge is 0.462 e. The molecule has 0 aliphatic heterocycles. The third kappa shape index (κ3) is 4.22. The highest BCUT2D eigenvalue weighted by molar-refractivity contribution is 5.66. The molecule has 2 heteroatoms. The van der Waals surface area contributed by atoms with Crippen LogP contribution in [0.5, 0.6) is 0 Å². The van der Waals surface area contributed by atoms with Crippen LogP contribution >= 0.6 is 0 Å². The number of fused-ring (bicyclic) bond motifs is 5. The maximum Gasteiger partial charge on any atom is 0.302 e. The molecule has 4 rings (SSSR count). The number of allylic oxidation sites excluding steroid dienone is 1. The van der Waals surface area contributed by atoms with Gasteiger partial charge in [0, 0.05) is 13.3 Å². The number of hydrogen-bond donors (Lipinski definition) is 0. The Hall–Kier alpha value is -0.790. The van der Waals surface area contributed by atoms with E-state index >= 15 is 0 Å². The summed E-state index contributed by atoms with van der Waals surface area (Å²) in [5.41, 5.74) is 2.61. The number of ether oxygens (including phenoxy) is 1. The Morgan fingerprint density at radius 1 is 1.09 bits per heavy atom. The zero-order valence-electron chi connectivity index (χ0n) is 21.9. The predicted octanol–water partition coefficient (Wildman–Crippen LogP) is 8.35. The van der Waals surface area contributed by atoms with Crippen LogP contribution in [-0.2, 0) is 9.53 Å². The molecule has 8 atom stereocenters. The second-order valence-electron chi connectivity index (χ2n) is 12.9. The van der Waals surface area contributed by atoms with Crippen LogP contribution in [-0.4, -0.2) is 12.1 Å². The van der Waals surface area contributed by atoms with Crippen molar-refractivity contribution in [3.05, 3.63) is 11.6 Å². The molecule has 3 saturated carbocycles. The first-order valence-electron chi connectivity index (χ1n) is 14.1. The fraction of sp³-hybridized carbons (Fsp3) is 0.900. The summed E-state index contributed by atoms with van der Waals surface area (Å²) in [5.74, 6) is 5.22. The quantitative estimate of drug-likeness (QED) is 0.292. The van der Waals surface area contributed by atoms with Crippen LogP contribution in [0.1, 0.15) is 119 Å². The summed E-state index contributed by atoms with van der Waals surface area (Å²) in [5, 5.41) is 0. The van der Waals surface area contributed by atoms with E-state index in [-0.39, 0.29) is 12.1 Å². The molecule has 182 valence electrons. The minimum absolute atomic E-state index is 0.110. The summed E-state index contributed by atoms with van der Waals surface area (Å²) in [6, 6.07) is 0. The van der Waals surface area contributed by atoms with Crippen LogP contribution in [0.3, 0.4) is 0 Å². The number of rotatable bonds is 7. The SMILES string of the molecule is CCC12CCC(OC(C)=O)CC1=CCC1C2CCC2(C)C(C(C)CCCC(C)C)CCC12. The lowest BCUT2D eigenvalue weighted by molar-refractivity contribution is -0.149. The fourth-order valence-electron chi connectivity index (χ4n) is 9.45. The molecule has 0 radical (unpaired) electrons. The molecule has 4 aliphatic rings. The van der Waals surface area contributed by atoms with Crippen molar-refractivity contribution in [2.75, 3.05) is 0 Å². The molecule has 0 heterocycles. The topological polar surface area (TPSA) is 26.3 Å². The van der Waals surface area contributed by atoms with Gasteiger partial charge in [-0.05, 0) is 97.7 Å². The molecule has 0 aromatic rings. The van der Waals surface area contributed by atoms with Gasteiger partial charge in [0.15, 0.2) is 0 Å². The van der Waals surface area contributed by atoms with Crippen LogP contribution in [0.25, 0.3) is 0 Å². The Morgan fingerprint density at radius 2 is 1.88 bits per heavy atom. The molecule has 0 N–H and O–H groups in total. The molecule has 0 bridgehead atoms.